The number of aromatic nitrogens is 1. The predicted molar refractivity (Wildman–Crippen MR) is 112 cm³/mol. The standard InChI is InChI=1S/C23H33N3O/c1-4-25(5-2)16-8-15-24-23(27)19-11-13-21(14-12-19)26-18(3)17-20-9-6-7-10-22(20)26/h11-14,17H,4-10,15-16H2,1-3H3,(H,24,27). The minimum atomic E-state index is 0.0207. The summed E-state index contributed by atoms with van der Waals surface area (Å²) < 4.78 is 2.36. The van der Waals surface area contributed by atoms with Gasteiger partial charge in [-0.15, -0.1) is 0 Å². The van der Waals surface area contributed by atoms with Crippen molar-refractivity contribution in [3.63, 3.8) is 0 Å². The first kappa shape index (κ1) is 19.7. The Kier molecular flexibility index (Phi) is 6.73. The summed E-state index contributed by atoms with van der Waals surface area (Å²) in [5, 5.41) is 3.05. The zero-order valence-electron chi connectivity index (χ0n) is 17.1. The predicted octanol–water partition coefficient (Wildman–Crippen LogP) is 4.13. The molecular formula is C23H33N3O. The molecular weight excluding hydrogens is 334 g/mol. The van der Waals surface area contributed by atoms with Gasteiger partial charge < -0.3 is 14.8 Å². The van der Waals surface area contributed by atoms with Gasteiger partial charge in [-0.05, 0) is 94.6 Å². The van der Waals surface area contributed by atoms with E-state index in [1.807, 2.05) is 12.1 Å². The zero-order chi connectivity index (χ0) is 19.2. The Labute approximate surface area is 163 Å². The average molecular weight is 368 g/mol. The van der Waals surface area contributed by atoms with E-state index in [9.17, 15) is 4.79 Å². The lowest BCUT2D eigenvalue weighted by molar-refractivity contribution is 0.0952. The number of fused-ring (bicyclic) bond motifs is 1. The third-order valence-corrected chi connectivity index (χ3v) is 5.70. The summed E-state index contributed by atoms with van der Waals surface area (Å²) >= 11 is 0. The Morgan fingerprint density at radius 3 is 2.52 bits per heavy atom. The van der Waals surface area contributed by atoms with Gasteiger partial charge in [-0.1, -0.05) is 13.8 Å². The highest BCUT2D eigenvalue weighted by Crippen LogP contribution is 2.28. The summed E-state index contributed by atoms with van der Waals surface area (Å²) in [4.78, 5) is 14.8. The quantitative estimate of drug-likeness (QED) is 0.713. The number of aryl methyl sites for hydroxylation is 2. The summed E-state index contributed by atoms with van der Waals surface area (Å²) in [5.41, 5.74) is 6.13. The molecule has 0 atom stereocenters. The number of hydrogen-bond donors (Lipinski definition) is 1. The molecule has 1 aliphatic rings. The number of rotatable bonds is 8. The molecule has 0 bridgehead atoms. The Hall–Kier alpha value is -2.07. The molecule has 4 heteroatoms. The lowest BCUT2D eigenvalue weighted by Crippen LogP contribution is -2.29. The van der Waals surface area contributed by atoms with Crippen LogP contribution in [-0.4, -0.2) is 41.6 Å². The topological polar surface area (TPSA) is 37.3 Å². The summed E-state index contributed by atoms with van der Waals surface area (Å²) in [6, 6.07) is 10.4. The van der Waals surface area contributed by atoms with Gasteiger partial charge in [0.15, 0.2) is 0 Å². The molecule has 146 valence electrons. The maximum atomic E-state index is 12.4. The molecule has 1 N–H and O–H groups in total. The maximum Gasteiger partial charge on any atom is 0.251 e. The summed E-state index contributed by atoms with van der Waals surface area (Å²) in [7, 11) is 0. The Balaban J connectivity index is 1.61. The molecule has 1 aliphatic carbocycles. The average Bonchev–Trinajstić information content (AvgIpc) is 3.03. The van der Waals surface area contributed by atoms with Gasteiger partial charge in [0, 0.05) is 29.2 Å². The van der Waals surface area contributed by atoms with E-state index in [1.54, 1.807) is 0 Å². The van der Waals surface area contributed by atoms with E-state index in [0.717, 1.165) is 50.3 Å². The van der Waals surface area contributed by atoms with Crippen molar-refractivity contribution in [1.82, 2.24) is 14.8 Å². The van der Waals surface area contributed by atoms with Crippen molar-refractivity contribution in [3.05, 3.63) is 52.8 Å². The maximum absolute atomic E-state index is 12.4. The molecule has 1 heterocycles. The number of nitrogens with one attached hydrogen (secondary N) is 1. The number of carbonyl (C=O) groups is 1. The molecule has 4 nitrogen and oxygen atoms in total. The van der Waals surface area contributed by atoms with Crippen molar-refractivity contribution in [2.75, 3.05) is 26.2 Å². The SMILES string of the molecule is CCN(CC)CCCNC(=O)c1ccc(-n2c(C)cc3c2CCCC3)cc1. The highest BCUT2D eigenvalue weighted by Gasteiger charge is 2.17. The summed E-state index contributed by atoms with van der Waals surface area (Å²) in [5.74, 6) is 0.0207. The third-order valence-electron chi connectivity index (χ3n) is 5.70. The van der Waals surface area contributed by atoms with Gasteiger partial charge in [0.1, 0.15) is 0 Å². The van der Waals surface area contributed by atoms with Crippen LogP contribution in [0.25, 0.3) is 5.69 Å². The molecule has 1 amide bonds. The molecule has 0 saturated heterocycles. The van der Waals surface area contributed by atoms with Gasteiger partial charge in [0.2, 0.25) is 0 Å². The lowest BCUT2D eigenvalue weighted by Gasteiger charge is -2.18. The molecule has 2 aromatic rings. The van der Waals surface area contributed by atoms with Crippen molar-refractivity contribution >= 4 is 5.91 Å². The van der Waals surface area contributed by atoms with Gasteiger partial charge >= 0.3 is 0 Å². The fourth-order valence-electron chi connectivity index (χ4n) is 4.12. The van der Waals surface area contributed by atoms with Gasteiger partial charge in [-0.2, -0.15) is 0 Å². The highest BCUT2D eigenvalue weighted by molar-refractivity contribution is 5.94. The van der Waals surface area contributed by atoms with Crippen molar-refractivity contribution in [2.24, 2.45) is 0 Å². The summed E-state index contributed by atoms with van der Waals surface area (Å²) in [6.45, 7) is 10.4. The van der Waals surface area contributed by atoms with Crippen LogP contribution in [0.15, 0.2) is 30.3 Å². The van der Waals surface area contributed by atoms with Crippen LogP contribution < -0.4 is 5.32 Å². The van der Waals surface area contributed by atoms with Gasteiger partial charge in [-0.25, -0.2) is 0 Å². The first-order valence-corrected chi connectivity index (χ1v) is 10.4. The van der Waals surface area contributed by atoms with E-state index in [2.05, 4.69) is 53.8 Å². The van der Waals surface area contributed by atoms with E-state index in [4.69, 9.17) is 0 Å². The number of hydrogen-bond acceptors (Lipinski definition) is 2. The van der Waals surface area contributed by atoms with Crippen molar-refractivity contribution in [1.29, 1.82) is 0 Å². The van der Waals surface area contributed by atoms with E-state index >= 15 is 0 Å². The van der Waals surface area contributed by atoms with Crippen LogP contribution in [0.5, 0.6) is 0 Å². The van der Waals surface area contributed by atoms with Crippen LogP contribution in [0.1, 0.15) is 60.4 Å². The van der Waals surface area contributed by atoms with E-state index in [1.165, 1.54) is 36.2 Å². The van der Waals surface area contributed by atoms with Gasteiger partial charge in [0.05, 0.1) is 0 Å². The molecule has 3 rings (SSSR count). The monoisotopic (exact) mass is 367 g/mol. The number of amides is 1. The molecule has 0 fully saturated rings. The third kappa shape index (κ3) is 4.62. The van der Waals surface area contributed by atoms with E-state index < -0.39 is 0 Å². The molecule has 0 aliphatic heterocycles. The zero-order valence-corrected chi connectivity index (χ0v) is 17.1. The fraction of sp³-hybridized carbons (Fsp3) is 0.522. The number of nitrogens with zero attached hydrogens (tertiary/aromatic N) is 2. The first-order chi connectivity index (χ1) is 13.1. The van der Waals surface area contributed by atoms with Crippen molar-refractivity contribution in [2.45, 2.75) is 52.9 Å². The second-order valence-corrected chi connectivity index (χ2v) is 7.48. The molecule has 0 spiro atoms. The minimum absolute atomic E-state index is 0.0207. The second-order valence-electron chi connectivity index (χ2n) is 7.48. The molecule has 0 unspecified atom stereocenters. The van der Waals surface area contributed by atoms with E-state index in [-0.39, 0.29) is 5.91 Å². The van der Waals surface area contributed by atoms with Crippen molar-refractivity contribution in [3.8, 4) is 5.69 Å². The van der Waals surface area contributed by atoms with Crippen LogP contribution in [0, 0.1) is 6.92 Å². The molecule has 1 aromatic heterocycles. The Morgan fingerprint density at radius 1 is 1.11 bits per heavy atom. The number of carbonyl (C=O) groups excluding carboxylic acids is 1. The molecule has 0 radical (unpaired) electrons. The largest absolute Gasteiger partial charge is 0.352 e. The summed E-state index contributed by atoms with van der Waals surface area (Å²) in [6.07, 6.45) is 5.89. The lowest BCUT2D eigenvalue weighted by atomic mass is 9.98. The molecule has 1 aromatic carbocycles. The number of benzene rings is 1. The van der Waals surface area contributed by atoms with Crippen molar-refractivity contribution < 1.29 is 4.79 Å². The van der Waals surface area contributed by atoms with Crippen LogP contribution in [0.3, 0.4) is 0 Å². The van der Waals surface area contributed by atoms with E-state index in [0.29, 0.717) is 0 Å². The fourth-order valence-corrected chi connectivity index (χ4v) is 4.12. The van der Waals surface area contributed by atoms with Crippen LogP contribution >= 0.6 is 0 Å². The van der Waals surface area contributed by atoms with Gasteiger partial charge in [0.25, 0.3) is 5.91 Å². The van der Waals surface area contributed by atoms with Crippen LogP contribution in [-0.2, 0) is 12.8 Å². The van der Waals surface area contributed by atoms with Crippen LogP contribution in [0.2, 0.25) is 0 Å². The van der Waals surface area contributed by atoms with Crippen LogP contribution in [0.4, 0.5) is 0 Å². The minimum Gasteiger partial charge on any atom is -0.352 e. The molecule has 27 heavy (non-hydrogen) atoms. The normalized spacial score (nSPS) is 13.6. The smallest absolute Gasteiger partial charge is 0.251 e. The van der Waals surface area contributed by atoms with Gasteiger partial charge in [-0.3, -0.25) is 4.79 Å². The second kappa shape index (κ2) is 9.23. The Bertz CT molecular complexity index is 757. The molecule has 0 saturated carbocycles. The Morgan fingerprint density at radius 2 is 1.81 bits per heavy atom. The first-order valence-electron chi connectivity index (χ1n) is 10.4. The highest BCUT2D eigenvalue weighted by atomic mass is 16.1.